The first kappa shape index (κ1) is 16.0. The number of rotatable bonds is 5. The molecule has 0 spiro atoms. The third-order valence-electron chi connectivity index (χ3n) is 4.71. The van der Waals surface area contributed by atoms with Gasteiger partial charge in [-0.3, -0.25) is 9.69 Å². The molecule has 0 saturated carbocycles. The molecule has 2 rings (SSSR count). The first-order valence-corrected chi connectivity index (χ1v) is 8.17. The summed E-state index contributed by atoms with van der Waals surface area (Å²) in [6, 6.07) is 8.81. The maximum Gasteiger partial charge on any atom is 0.310 e. The summed E-state index contributed by atoms with van der Waals surface area (Å²) in [6.07, 6.45) is 6.52. The van der Waals surface area contributed by atoms with Crippen LogP contribution in [-0.2, 0) is 11.3 Å². The van der Waals surface area contributed by atoms with Gasteiger partial charge in [-0.25, -0.2) is 0 Å². The molecule has 1 heterocycles. The Kier molecular flexibility index (Phi) is 5.80. The van der Waals surface area contributed by atoms with Crippen molar-refractivity contribution in [3.63, 3.8) is 0 Å². The molecule has 0 bridgehead atoms. The average Bonchev–Trinajstić information content (AvgIpc) is 2.72. The molecule has 1 N–H and O–H groups in total. The number of hydrogen-bond donors (Lipinski definition) is 1. The van der Waals surface area contributed by atoms with Crippen LogP contribution in [0.3, 0.4) is 0 Å². The molecule has 0 aliphatic carbocycles. The Bertz CT molecular complexity index is 455. The topological polar surface area (TPSA) is 40.5 Å². The van der Waals surface area contributed by atoms with Crippen molar-refractivity contribution in [1.82, 2.24) is 4.90 Å². The largest absolute Gasteiger partial charge is 0.481 e. The van der Waals surface area contributed by atoms with Crippen LogP contribution in [0.2, 0.25) is 0 Å². The quantitative estimate of drug-likeness (QED) is 0.889. The Hall–Kier alpha value is -1.35. The predicted octanol–water partition coefficient (Wildman–Crippen LogP) is 4.03. The van der Waals surface area contributed by atoms with Crippen LogP contribution >= 0.6 is 0 Å². The van der Waals surface area contributed by atoms with Crippen LogP contribution in [0.1, 0.15) is 63.0 Å². The smallest absolute Gasteiger partial charge is 0.310 e. The Morgan fingerprint density at radius 3 is 2.62 bits per heavy atom. The summed E-state index contributed by atoms with van der Waals surface area (Å²) in [6.45, 7) is 6.19. The fraction of sp³-hybridized carbons (Fsp3) is 0.611. The highest BCUT2D eigenvalue weighted by atomic mass is 16.4. The number of aliphatic carboxylic acids is 1. The van der Waals surface area contributed by atoms with E-state index in [9.17, 15) is 4.79 Å². The van der Waals surface area contributed by atoms with E-state index in [0.717, 1.165) is 12.1 Å². The monoisotopic (exact) mass is 289 g/mol. The lowest BCUT2D eigenvalue weighted by Crippen LogP contribution is -2.33. The zero-order valence-corrected chi connectivity index (χ0v) is 13.2. The van der Waals surface area contributed by atoms with Crippen LogP contribution in [0.15, 0.2) is 24.3 Å². The minimum Gasteiger partial charge on any atom is -0.481 e. The summed E-state index contributed by atoms with van der Waals surface area (Å²) in [5, 5.41) is 9.06. The molecule has 3 nitrogen and oxygen atoms in total. The summed E-state index contributed by atoms with van der Waals surface area (Å²) < 4.78 is 0. The van der Waals surface area contributed by atoms with Gasteiger partial charge < -0.3 is 5.11 Å². The Labute approximate surface area is 128 Å². The van der Waals surface area contributed by atoms with Crippen LogP contribution in [-0.4, -0.2) is 28.6 Å². The van der Waals surface area contributed by atoms with Crippen LogP contribution in [0.5, 0.6) is 0 Å². The molecule has 116 valence electrons. The molecule has 21 heavy (non-hydrogen) atoms. The van der Waals surface area contributed by atoms with Gasteiger partial charge in [0.1, 0.15) is 0 Å². The zero-order chi connectivity index (χ0) is 15.2. The van der Waals surface area contributed by atoms with Gasteiger partial charge in [0.05, 0.1) is 5.92 Å². The van der Waals surface area contributed by atoms with Gasteiger partial charge in [0.2, 0.25) is 0 Å². The van der Waals surface area contributed by atoms with E-state index >= 15 is 0 Å². The first-order valence-electron chi connectivity index (χ1n) is 8.17. The summed E-state index contributed by atoms with van der Waals surface area (Å²) >= 11 is 0. The van der Waals surface area contributed by atoms with Gasteiger partial charge >= 0.3 is 5.97 Å². The maximum absolute atomic E-state index is 11.0. The van der Waals surface area contributed by atoms with E-state index in [1.54, 1.807) is 6.92 Å². The van der Waals surface area contributed by atoms with Crippen molar-refractivity contribution in [2.75, 3.05) is 6.54 Å². The van der Waals surface area contributed by atoms with Crippen molar-refractivity contribution in [3.8, 4) is 0 Å². The summed E-state index contributed by atoms with van der Waals surface area (Å²) in [4.78, 5) is 13.6. The van der Waals surface area contributed by atoms with Crippen molar-refractivity contribution in [3.05, 3.63) is 35.4 Å². The van der Waals surface area contributed by atoms with Gasteiger partial charge in [-0.05, 0) is 43.9 Å². The Balaban J connectivity index is 2.03. The van der Waals surface area contributed by atoms with E-state index in [1.807, 2.05) is 12.1 Å². The molecular weight excluding hydrogens is 262 g/mol. The Morgan fingerprint density at radius 1 is 1.29 bits per heavy atom. The first-order chi connectivity index (χ1) is 10.1. The molecule has 1 aliphatic rings. The van der Waals surface area contributed by atoms with Crippen molar-refractivity contribution in [1.29, 1.82) is 0 Å². The minimum absolute atomic E-state index is 0.430. The second kappa shape index (κ2) is 7.60. The second-order valence-electron chi connectivity index (χ2n) is 6.18. The average molecular weight is 289 g/mol. The molecule has 1 aromatic carbocycles. The van der Waals surface area contributed by atoms with Crippen molar-refractivity contribution >= 4 is 5.97 Å². The molecule has 0 radical (unpaired) electrons. The fourth-order valence-electron chi connectivity index (χ4n) is 3.20. The van der Waals surface area contributed by atoms with Gasteiger partial charge in [0, 0.05) is 12.6 Å². The van der Waals surface area contributed by atoms with Crippen LogP contribution in [0.4, 0.5) is 0 Å². The third kappa shape index (κ3) is 4.31. The third-order valence-corrected chi connectivity index (χ3v) is 4.71. The number of hydrogen-bond acceptors (Lipinski definition) is 2. The standard InChI is InChI=1S/C18H27NO2/c1-3-17-7-5-4-6-12-19(17)13-15-8-10-16(11-9-15)14(2)18(20)21/h8-11,14,17H,3-7,12-13H2,1-2H3,(H,20,21). The lowest BCUT2D eigenvalue weighted by atomic mass is 9.99. The zero-order valence-electron chi connectivity index (χ0n) is 13.2. The normalized spacial score (nSPS) is 21.7. The van der Waals surface area contributed by atoms with Gasteiger partial charge in [-0.15, -0.1) is 0 Å². The van der Waals surface area contributed by atoms with E-state index in [4.69, 9.17) is 5.11 Å². The van der Waals surface area contributed by atoms with Crippen LogP contribution in [0.25, 0.3) is 0 Å². The second-order valence-corrected chi connectivity index (χ2v) is 6.18. The molecule has 2 unspecified atom stereocenters. The van der Waals surface area contributed by atoms with Crippen LogP contribution in [0, 0.1) is 0 Å². The van der Waals surface area contributed by atoms with E-state index in [1.165, 1.54) is 44.2 Å². The maximum atomic E-state index is 11.0. The van der Waals surface area contributed by atoms with Gasteiger partial charge in [0.15, 0.2) is 0 Å². The molecule has 0 amide bonds. The van der Waals surface area contributed by atoms with E-state index in [0.29, 0.717) is 6.04 Å². The summed E-state index contributed by atoms with van der Waals surface area (Å²) in [5.41, 5.74) is 2.17. The number of benzene rings is 1. The van der Waals surface area contributed by atoms with E-state index < -0.39 is 11.9 Å². The molecular formula is C18H27NO2. The van der Waals surface area contributed by atoms with Crippen molar-refractivity contribution in [2.45, 2.75) is 64.5 Å². The highest BCUT2D eigenvalue weighted by Crippen LogP contribution is 2.22. The molecule has 2 atom stereocenters. The van der Waals surface area contributed by atoms with Gasteiger partial charge in [-0.2, -0.15) is 0 Å². The lowest BCUT2D eigenvalue weighted by molar-refractivity contribution is -0.138. The number of carboxylic acids is 1. The van der Waals surface area contributed by atoms with Gasteiger partial charge in [-0.1, -0.05) is 44.0 Å². The molecule has 1 aliphatic heterocycles. The highest BCUT2D eigenvalue weighted by Gasteiger charge is 2.19. The molecule has 1 fully saturated rings. The Morgan fingerprint density at radius 2 is 2.00 bits per heavy atom. The fourth-order valence-corrected chi connectivity index (χ4v) is 3.20. The lowest BCUT2D eigenvalue weighted by Gasteiger charge is -2.29. The minimum atomic E-state index is -0.763. The number of likely N-dealkylation sites (tertiary alicyclic amines) is 1. The van der Waals surface area contributed by atoms with Gasteiger partial charge in [0.25, 0.3) is 0 Å². The highest BCUT2D eigenvalue weighted by molar-refractivity contribution is 5.75. The summed E-state index contributed by atoms with van der Waals surface area (Å²) in [7, 11) is 0. The number of carboxylic acid groups (broad SMARTS) is 1. The summed E-state index contributed by atoms with van der Waals surface area (Å²) in [5.74, 6) is -1.19. The van der Waals surface area contributed by atoms with Crippen LogP contribution < -0.4 is 0 Å². The number of nitrogens with zero attached hydrogens (tertiary/aromatic N) is 1. The molecule has 3 heteroatoms. The molecule has 1 saturated heterocycles. The molecule has 1 aromatic rings. The van der Waals surface area contributed by atoms with Crippen molar-refractivity contribution < 1.29 is 9.90 Å². The van der Waals surface area contributed by atoms with Crippen molar-refractivity contribution in [2.24, 2.45) is 0 Å². The molecule has 0 aromatic heterocycles. The number of carbonyl (C=O) groups is 1. The SMILES string of the molecule is CCC1CCCCCN1Cc1ccc(C(C)C(=O)O)cc1. The van der Waals surface area contributed by atoms with E-state index in [2.05, 4.69) is 24.0 Å². The van der Waals surface area contributed by atoms with E-state index in [-0.39, 0.29) is 0 Å². The predicted molar refractivity (Wildman–Crippen MR) is 85.4 cm³/mol.